The fraction of sp³-hybridized carbons (Fsp3) is 1.00. The average molecular weight is 250 g/mol. The van der Waals surface area contributed by atoms with Gasteiger partial charge in [0.05, 0.1) is 0 Å². The monoisotopic (exact) mass is 249 g/mol. The van der Waals surface area contributed by atoms with Gasteiger partial charge >= 0.3 is 21.2 Å². The maximum atomic E-state index is 10.4. The number of halogens is 2. The zero-order valence-corrected chi connectivity index (χ0v) is 10.8. The third-order valence-corrected chi connectivity index (χ3v) is 3.64. The minimum Gasteiger partial charge on any atom is -0.263 e. The minimum atomic E-state index is -2.85. The van der Waals surface area contributed by atoms with Crippen molar-refractivity contribution in [1.29, 1.82) is 0 Å². The van der Waals surface area contributed by atoms with Crippen LogP contribution in [0.15, 0.2) is 0 Å². The van der Waals surface area contributed by atoms with Crippen molar-refractivity contribution < 1.29 is 22.5 Å². The first kappa shape index (κ1) is 12.9. The van der Waals surface area contributed by atoms with Crippen molar-refractivity contribution in [2.45, 2.75) is 4.71 Å². The Morgan fingerprint density at radius 3 is 1.73 bits per heavy atom. The third-order valence-electron chi connectivity index (χ3n) is 0.571. The van der Waals surface area contributed by atoms with E-state index in [1.807, 2.05) is 0 Å². The van der Waals surface area contributed by atoms with Gasteiger partial charge in [-0.3, -0.25) is 9.13 Å². The summed E-state index contributed by atoms with van der Waals surface area (Å²) in [6, 6.07) is 0. The molecule has 0 bridgehead atoms. The Labute approximate surface area is 95.9 Å². The third kappa shape index (κ3) is 4.63. The van der Waals surface area contributed by atoms with E-state index >= 15 is 0 Å². The number of hydrogen-bond donors (Lipinski definition) is 0. The Kier molecular flexibility index (Phi) is 5.83. The molecule has 1 radical (unpaired) electrons. The van der Waals surface area contributed by atoms with Crippen LogP contribution in [0.4, 0.5) is 0 Å². The predicted molar refractivity (Wildman–Crippen MR) is 41.4 cm³/mol. The Hall–Kier alpha value is 1.92. The second kappa shape index (κ2) is 4.97. The number of alkyl halides is 2. The van der Waals surface area contributed by atoms with Gasteiger partial charge in [0.2, 0.25) is 0 Å². The van der Waals surface area contributed by atoms with Crippen LogP contribution >= 0.6 is 39.7 Å². The van der Waals surface area contributed by atoms with Crippen molar-refractivity contribution in [3.05, 3.63) is 0 Å². The molecule has 0 aliphatic carbocycles. The van der Waals surface area contributed by atoms with E-state index in [0.29, 0.717) is 0 Å². The molecular formula is CH2Cl2NaO5P2. The summed E-state index contributed by atoms with van der Waals surface area (Å²) in [6.45, 7) is 0. The second-order valence-corrected chi connectivity index (χ2v) is 4.68. The van der Waals surface area contributed by atoms with Crippen molar-refractivity contribution >= 4 is 69.3 Å². The quantitative estimate of drug-likeness (QED) is 0.370. The van der Waals surface area contributed by atoms with Gasteiger partial charge in [-0.25, -0.2) is 13.4 Å². The molecule has 0 aromatic carbocycles. The van der Waals surface area contributed by atoms with Crippen LogP contribution in [0, 0.1) is 0 Å². The summed E-state index contributed by atoms with van der Waals surface area (Å²) in [5.41, 5.74) is 0. The standard InChI is InChI=1S/CH2Cl2O5P2.Na/c2-1(3)6-9(4)8-10(5)7-1;/h9-10H;. The minimum absolute atomic E-state index is 0. The summed E-state index contributed by atoms with van der Waals surface area (Å²) < 4.78 is 31.2. The molecule has 0 N–H and O–H groups in total. The maximum Gasteiger partial charge on any atom is 0.345 e. The van der Waals surface area contributed by atoms with Crippen molar-refractivity contribution in [2.24, 2.45) is 0 Å². The SMILES string of the molecule is O=[PH]1O[PH](=O)OC(Cl)(Cl)O1.[Na]. The first-order valence-electron chi connectivity index (χ1n) is 2.01. The Bertz CT molecular complexity index is 177. The summed E-state index contributed by atoms with van der Waals surface area (Å²) in [5.74, 6) is 0. The summed E-state index contributed by atoms with van der Waals surface area (Å²) in [7, 11) is -5.71. The molecule has 11 heavy (non-hydrogen) atoms. The van der Waals surface area contributed by atoms with E-state index in [-0.39, 0.29) is 29.6 Å². The zero-order chi connectivity index (χ0) is 7.78. The molecule has 2 atom stereocenters. The van der Waals surface area contributed by atoms with Gasteiger partial charge in [-0.15, -0.1) is 0 Å². The van der Waals surface area contributed by atoms with E-state index in [4.69, 9.17) is 23.2 Å². The molecule has 61 valence electrons. The van der Waals surface area contributed by atoms with E-state index in [0.717, 1.165) is 0 Å². The fourth-order valence-corrected chi connectivity index (χ4v) is 2.51. The molecule has 1 saturated heterocycles. The van der Waals surface area contributed by atoms with Gasteiger partial charge in [0.15, 0.2) is 0 Å². The topological polar surface area (TPSA) is 61.8 Å². The number of hydrogen-bond acceptors (Lipinski definition) is 5. The molecule has 5 nitrogen and oxygen atoms in total. The van der Waals surface area contributed by atoms with Crippen molar-refractivity contribution in [3.63, 3.8) is 0 Å². The Balaban J connectivity index is 0.000001000. The first-order valence-corrected chi connectivity index (χ1v) is 5.22. The Morgan fingerprint density at radius 2 is 1.45 bits per heavy atom. The van der Waals surface area contributed by atoms with Gasteiger partial charge < -0.3 is 0 Å². The van der Waals surface area contributed by atoms with Gasteiger partial charge in [0.1, 0.15) is 0 Å². The molecule has 1 aliphatic rings. The molecular weight excluding hydrogens is 248 g/mol. The van der Waals surface area contributed by atoms with E-state index < -0.39 is 21.2 Å². The molecule has 0 aromatic rings. The van der Waals surface area contributed by atoms with E-state index in [9.17, 15) is 9.13 Å². The molecule has 2 unspecified atom stereocenters. The number of rotatable bonds is 0. The molecule has 0 aromatic heterocycles. The molecule has 0 saturated carbocycles. The van der Waals surface area contributed by atoms with Gasteiger partial charge in [-0.05, 0) is 23.2 Å². The largest absolute Gasteiger partial charge is 0.345 e. The summed E-state index contributed by atoms with van der Waals surface area (Å²) in [6.07, 6.45) is 0. The van der Waals surface area contributed by atoms with Crippen LogP contribution in [-0.4, -0.2) is 34.3 Å². The molecule has 1 rings (SSSR count). The fourth-order valence-electron chi connectivity index (χ4n) is 0.325. The molecule has 10 heteroatoms. The van der Waals surface area contributed by atoms with E-state index in [1.165, 1.54) is 0 Å². The average Bonchev–Trinajstić information content (AvgIpc) is 1.54. The zero-order valence-electron chi connectivity index (χ0n) is 5.30. The molecule has 0 spiro atoms. The molecule has 0 amide bonds. The van der Waals surface area contributed by atoms with Crippen LogP contribution < -0.4 is 0 Å². The summed E-state index contributed by atoms with van der Waals surface area (Å²) in [5, 5.41) is 0. The van der Waals surface area contributed by atoms with E-state index in [2.05, 4.69) is 13.4 Å². The van der Waals surface area contributed by atoms with E-state index in [1.54, 1.807) is 0 Å². The van der Waals surface area contributed by atoms with Crippen molar-refractivity contribution in [1.82, 2.24) is 0 Å². The van der Waals surface area contributed by atoms with Gasteiger partial charge in [-0.2, -0.15) is 0 Å². The van der Waals surface area contributed by atoms with Crippen molar-refractivity contribution in [3.8, 4) is 0 Å². The molecule has 1 fully saturated rings. The first-order chi connectivity index (χ1) is 4.49. The molecule has 1 heterocycles. The van der Waals surface area contributed by atoms with Crippen LogP contribution in [0.1, 0.15) is 0 Å². The van der Waals surface area contributed by atoms with Crippen LogP contribution in [0.2, 0.25) is 0 Å². The van der Waals surface area contributed by atoms with Crippen molar-refractivity contribution in [2.75, 3.05) is 0 Å². The maximum absolute atomic E-state index is 10.4. The molecule has 1 aliphatic heterocycles. The van der Waals surface area contributed by atoms with Crippen LogP contribution in [-0.2, 0) is 22.5 Å². The van der Waals surface area contributed by atoms with Gasteiger partial charge in [-0.1, -0.05) is 0 Å². The van der Waals surface area contributed by atoms with Crippen LogP contribution in [0.3, 0.4) is 0 Å². The summed E-state index contributed by atoms with van der Waals surface area (Å²) in [4.78, 5) is 0. The summed E-state index contributed by atoms with van der Waals surface area (Å²) >= 11 is 10.3. The normalized spacial score (nSPS) is 35.8. The van der Waals surface area contributed by atoms with Gasteiger partial charge in [0, 0.05) is 29.6 Å². The second-order valence-electron chi connectivity index (χ2n) is 1.27. The van der Waals surface area contributed by atoms with Crippen LogP contribution in [0.25, 0.3) is 0 Å². The predicted octanol–water partition coefficient (Wildman–Crippen LogP) is 1.54. The van der Waals surface area contributed by atoms with Gasteiger partial charge in [0.25, 0.3) is 0 Å². The van der Waals surface area contributed by atoms with Crippen LogP contribution in [0.5, 0.6) is 0 Å². The smallest absolute Gasteiger partial charge is 0.263 e. The Morgan fingerprint density at radius 1 is 1.09 bits per heavy atom.